The summed E-state index contributed by atoms with van der Waals surface area (Å²) < 4.78 is 0.806. The average molecular weight is 261 g/mol. The largest absolute Gasteiger partial charge is 0.387 e. The van der Waals surface area contributed by atoms with Crippen LogP contribution in [-0.4, -0.2) is 5.11 Å². The predicted octanol–water partition coefficient (Wildman–Crippen LogP) is 4.96. The van der Waals surface area contributed by atoms with Crippen LogP contribution in [0, 0.1) is 12.8 Å². The molecular weight excluding hydrogens is 240 g/mol. The molecule has 1 N–H and O–H groups in total. The molecule has 0 saturated carbocycles. The summed E-state index contributed by atoms with van der Waals surface area (Å²) in [6, 6.07) is 2.02. The minimum absolute atomic E-state index is 0.337. The Bertz CT molecular complexity index is 296. The molecule has 1 unspecified atom stereocenters. The van der Waals surface area contributed by atoms with Gasteiger partial charge in [-0.1, -0.05) is 38.3 Å². The number of aliphatic hydroxyl groups excluding tert-OH is 1. The van der Waals surface area contributed by atoms with Crippen LogP contribution < -0.4 is 0 Å². The third kappa shape index (κ3) is 3.47. The highest BCUT2D eigenvalue weighted by Crippen LogP contribution is 2.37. The highest BCUT2D eigenvalue weighted by atomic mass is 35.5. The van der Waals surface area contributed by atoms with Crippen LogP contribution in [0.25, 0.3) is 0 Å². The van der Waals surface area contributed by atoms with Crippen molar-refractivity contribution >= 4 is 22.9 Å². The van der Waals surface area contributed by atoms with Gasteiger partial charge >= 0.3 is 0 Å². The summed E-state index contributed by atoms with van der Waals surface area (Å²) in [4.78, 5) is 1.02. The van der Waals surface area contributed by atoms with Crippen LogP contribution >= 0.6 is 22.9 Å². The number of aryl methyl sites for hydroxylation is 1. The van der Waals surface area contributed by atoms with Gasteiger partial charge in [-0.15, -0.1) is 11.3 Å². The molecule has 0 radical (unpaired) electrons. The number of aliphatic hydroxyl groups is 1. The Hall–Kier alpha value is -0.0500. The van der Waals surface area contributed by atoms with Crippen LogP contribution in [0.15, 0.2) is 6.07 Å². The molecule has 1 aromatic rings. The van der Waals surface area contributed by atoms with E-state index in [1.165, 1.54) is 11.3 Å². The number of hydrogen-bond donors (Lipinski definition) is 1. The summed E-state index contributed by atoms with van der Waals surface area (Å²) in [5.41, 5.74) is 1.08. The fraction of sp³-hybridized carbons (Fsp3) is 0.692. The Kier molecular flexibility index (Phi) is 5.81. The van der Waals surface area contributed by atoms with Gasteiger partial charge in [-0.05, 0) is 37.3 Å². The molecule has 0 aliphatic carbocycles. The maximum Gasteiger partial charge on any atom is 0.0961 e. The first-order chi connectivity index (χ1) is 7.60. The summed E-state index contributed by atoms with van der Waals surface area (Å²) in [7, 11) is 0. The van der Waals surface area contributed by atoms with Gasteiger partial charge in [-0.2, -0.15) is 0 Å². The third-order valence-electron chi connectivity index (χ3n) is 2.93. The summed E-state index contributed by atoms with van der Waals surface area (Å²) in [5, 5.41) is 10.3. The van der Waals surface area contributed by atoms with Crippen molar-refractivity contribution in [1.29, 1.82) is 0 Å². The van der Waals surface area contributed by atoms with Gasteiger partial charge < -0.3 is 5.11 Å². The lowest BCUT2D eigenvalue weighted by Gasteiger charge is -2.20. The molecule has 0 aliphatic heterocycles. The first-order valence-electron chi connectivity index (χ1n) is 6.04. The predicted molar refractivity (Wildman–Crippen MR) is 72.3 cm³/mol. The monoisotopic (exact) mass is 260 g/mol. The highest BCUT2D eigenvalue weighted by Gasteiger charge is 2.21. The summed E-state index contributed by atoms with van der Waals surface area (Å²) in [6.45, 7) is 6.33. The van der Waals surface area contributed by atoms with Crippen molar-refractivity contribution in [2.24, 2.45) is 5.92 Å². The second kappa shape index (κ2) is 6.63. The van der Waals surface area contributed by atoms with E-state index in [-0.39, 0.29) is 6.10 Å². The molecule has 1 nitrogen and oxygen atoms in total. The molecule has 0 aliphatic rings. The Morgan fingerprint density at radius 3 is 2.25 bits per heavy atom. The number of hydrogen-bond acceptors (Lipinski definition) is 2. The van der Waals surface area contributed by atoms with Crippen molar-refractivity contribution in [2.75, 3.05) is 0 Å². The lowest BCUT2D eigenvalue weighted by molar-refractivity contribution is 0.0997. The van der Waals surface area contributed by atoms with Crippen molar-refractivity contribution in [1.82, 2.24) is 0 Å². The Balaban J connectivity index is 2.76. The van der Waals surface area contributed by atoms with E-state index in [1.807, 2.05) is 13.0 Å². The van der Waals surface area contributed by atoms with E-state index in [0.29, 0.717) is 5.92 Å². The van der Waals surface area contributed by atoms with Crippen LogP contribution in [0.5, 0.6) is 0 Å². The van der Waals surface area contributed by atoms with E-state index in [4.69, 9.17) is 11.6 Å². The van der Waals surface area contributed by atoms with Gasteiger partial charge in [-0.25, -0.2) is 0 Å². The maximum atomic E-state index is 10.3. The van der Waals surface area contributed by atoms with E-state index in [1.54, 1.807) is 0 Å². The van der Waals surface area contributed by atoms with Crippen molar-refractivity contribution in [3.8, 4) is 0 Å². The summed E-state index contributed by atoms with van der Waals surface area (Å²) in [5.74, 6) is 0.379. The van der Waals surface area contributed by atoms with Gasteiger partial charge in [-0.3, -0.25) is 0 Å². The molecule has 1 aromatic heterocycles. The molecule has 1 atom stereocenters. The quantitative estimate of drug-likeness (QED) is 0.767. The molecule has 0 bridgehead atoms. The van der Waals surface area contributed by atoms with Crippen LogP contribution in [0.4, 0.5) is 0 Å². The molecule has 0 amide bonds. The lowest BCUT2D eigenvalue weighted by atomic mass is 9.91. The zero-order valence-corrected chi connectivity index (χ0v) is 11.9. The zero-order valence-electron chi connectivity index (χ0n) is 10.3. The Labute approximate surface area is 107 Å². The molecule has 92 valence electrons. The van der Waals surface area contributed by atoms with Crippen LogP contribution in [0.1, 0.15) is 56.1 Å². The molecule has 1 heterocycles. The highest BCUT2D eigenvalue weighted by molar-refractivity contribution is 7.16. The first kappa shape index (κ1) is 14.0. The van der Waals surface area contributed by atoms with E-state index in [0.717, 1.165) is 40.5 Å². The minimum Gasteiger partial charge on any atom is -0.387 e. The van der Waals surface area contributed by atoms with Crippen LogP contribution in [0.3, 0.4) is 0 Å². The molecule has 3 heteroatoms. The number of halogens is 1. The molecule has 0 fully saturated rings. The number of thiophene rings is 1. The van der Waals surface area contributed by atoms with Gasteiger partial charge in [0.15, 0.2) is 0 Å². The lowest BCUT2D eigenvalue weighted by Crippen LogP contribution is -2.11. The summed E-state index contributed by atoms with van der Waals surface area (Å²) in [6.07, 6.45) is 4.09. The molecular formula is C13H21ClOS. The smallest absolute Gasteiger partial charge is 0.0961 e. The molecule has 0 saturated heterocycles. The Morgan fingerprint density at radius 1 is 1.31 bits per heavy atom. The van der Waals surface area contributed by atoms with Crippen molar-refractivity contribution in [3.05, 3.63) is 20.8 Å². The average Bonchev–Trinajstić information content (AvgIpc) is 2.58. The first-order valence-corrected chi connectivity index (χ1v) is 7.23. The van der Waals surface area contributed by atoms with E-state index in [9.17, 15) is 5.11 Å². The summed E-state index contributed by atoms with van der Waals surface area (Å²) >= 11 is 7.56. The van der Waals surface area contributed by atoms with Gasteiger partial charge in [0.05, 0.1) is 10.4 Å². The normalized spacial score (nSPS) is 13.4. The van der Waals surface area contributed by atoms with Crippen LogP contribution in [0.2, 0.25) is 4.34 Å². The van der Waals surface area contributed by atoms with E-state index >= 15 is 0 Å². The fourth-order valence-electron chi connectivity index (χ4n) is 2.06. The second-order valence-electron chi connectivity index (χ2n) is 4.39. The second-order valence-corrected chi connectivity index (χ2v) is 6.07. The standard InChI is InChI=1S/C13H21ClOS/c1-4-6-10(7-5-2)12(15)11-8-9(3)13(14)16-11/h8,10,12,15H,4-7H2,1-3H3. The zero-order chi connectivity index (χ0) is 12.1. The minimum atomic E-state index is -0.337. The molecule has 1 rings (SSSR count). The fourth-order valence-corrected chi connectivity index (χ4v) is 3.36. The SMILES string of the molecule is CCCC(CCC)C(O)c1cc(C)c(Cl)s1. The van der Waals surface area contributed by atoms with Crippen molar-refractivity contribution in [3.63, 3.8) is 0 Å². The van der Waals surface area contributed by atoms with E-state index in [2.05, 4.69) is 13.8 Å². The topological polar surface area (TPSA) is 20.2 Å². The third-order valence-corrected chi connectivity index (χ3v) is 4.56. The Morgan fingerprint density at radius 2 is 1.88 bits per heavy atom. The van der Waals surface area contributed by atoms with E-state index < -0.39 is 0 Å². The molecule has 0 aromatic carbocycles. The van der Waals surface area contributed by atoms with Crippen molar-refractivity contribution in [2.45, 2.75) is 52.6 Å². The maximum absolute atomic E-state index is 10.3. The molecule has 0 spiro atoms. The van der Waals surface area contributed by atoms with Gasteiger partial charge in [0.25, 0.3) is 0 Å². The van der Waals surface area contributed by atoms with Crippen LogP contribution in [-0.2, 0) is 0 Å². The van der Waals surface area contributed by atoms with Gasteiger partial charge in [0.1, 0.15) is 0 Å². The van der Waals surface area contributed by atoms with Crippen molar-refractivity contribution < 1.29 is 5.11 Å². The van der Waals surface area contributed by atoms with Gasteiger partial charge in [0.2, 0.25) is 0 Å². The van der Waals surface area contributed by atoms with Gasteiger partial charge in [0, 0.05) is 4.88 Å². The number of rotatable bonds is 6. The molecule has 16 heavy (non-hydrogen) atoms.